The van der Waals surface area contributed by atoms with Crippen LogP contribution in [-0.2, 0) is 0 Å². The molecule has 0 saturated heterocycles. The lowest BCUT2D eigenvalue weighted by molar-refractivity contribution is 0.0702. The van der Waals surface area contributed by atoms with Gasteiger partial charge >= 0.3 is 5.97 Å². The second-order valence-corrected chi connectivity index (χ2v) is 4.70. The van der Waals surface area contributed by atoms with Crippen molar-refractivity contribution in [2.24, 2.45) is 0 Å². The maximum absolute atomic E-state index is 10.5. The molecule has 2 rings (SSSR count). The molecule has 0 radical (unpaired) electrons. The van der Waals surface area contributed by atoms with Gasteiger partial charge in [0.05, 0.1) is 4.70 Å². The average molecular weight is 220 g/mol. The summed E-state index contributed by atoms with van der Waals surface area (Å²) in [6.07, 6.45) is 0. The number of rotatable bonds is 1. The molecule has 2 aromatic rings. The van der Waals surface area contributed by atoms with Crippen molar-refractivity contribution in [1.82, 2.24) is 4.98 Å². The van der Waals surface area contributed by atoms with Crippen molar-refractivity contribution in [3.05, 3.63) is 15.4 Å². The Morgan fingerprint density at radius 3 is 2.92 bits per heavy atom. The fourth-order valence-corrected chi connectivity index (χ4v) is 2.98. The molecule has 0 bridgehead atoms. The molecule has 6 heteroatoms. The van der Waals surface area contributed by atoms with Crippen LogP contribution in [0.15, 0.2) is 6.07 Å². The molecule has 2 heterocycles. The Morgan fingerprint density at radius 1 is 1.58 bits per heavy atom. The molecule has 0 amide bonds. The molecule has 0 aromatic carbocycles. The van der Waals surface area contributed by atoms with E-state index < -0.39 is 5.97 Å². The minimum absolute atomic E-state index is 0.306. The van der Waals surface area contributed by atoms with E-state index in [1.165, 1.54) is 11.3 Å². The van der Waals surface area contributed by atoms with Crippen LogP contribution in [0.1, 0.15) is 9.67 Å². The van der Waals surface area contributed by atoms with E-state index in [4.69, 9.17) is 16.7 Å². The Bertz CT molecular complexity index is 416. The van der Waals surface area contributed by atoms with E-state index in [1.54, 1.807) is 6.07 Å². The maximum Gasteiger partial charge on any atom is 0.345 e. The average Bonchev–Trinajstić information content (AvgIpc) is 2.42. The Labute approximate surface area is 80.2 Å². The van der Waals surface area contributed by atoms with Gasteiger partial charge in [0.2, 0.25) is 0 Å². The number of hydrogen-bond acceptors (Lipinski definition) is 4. The number of fused-ring (bicyclic) bond motifs is 1. The Kier molecular flexibility index (Phi) is 1.79. The second kappa shape index (κ2) is 2.69. The van der Waals surface area contributed by atoms with Gasteiger partial charge in [0.1, 0.15) is 9.71 Å². The highest BCUT2D eigenvalue weighted by Gasteiger charge is 2.11. The van der Waals surface area contributed by atoms with Gasteiger partial charge in [-0.3, -0.25) is 0 Å². The third-order valence-electron chi connectivity index (χ3n) is 1.27. The topological polar surface area (TPSA) is 50.2 Å². The minimum Gasteiger partial charge on any atom is -0.477 e. The van der Waals surface area contributed by atoms with Crippen molar-refractivity contribution in [2.75, 3.05) is 0 Å². The van der Waals surface area contributed by atoms with Crippen LogP contribution in [0.3, 0.4) is 0 Å². The largest absolute Gasteiger partial charge is 0.477 e. The summed E-state index contributed by atoms with van der Waals surface area (Å²) in [4.78, 5) is 15.5. The summed E-state index contributed by atoms with van der Waals surface area (Å²) in [6.45, 7) is 0. The first-order valence-electron chi connectivity index (χ1n) is 2.96. The number of halogens is 1. The van der Waals surface area contributed by atoms with E-state index in [-0.39, 0.29) is 0 Å². The van der Waals surface area contributed by atoms with Gasteiger partial charge in [-0.25, -0.2) is 9.78 Å². The molecule has 0 saturated carbocycles. The molecule has 0 aliphatic rings. The zero-order chi connectivity index (χ0) is 8.72. The molecule has 0 aliphatic heterocycles. The number of nitrogens with zero attached hydrogens (tertiary/aromatic N) is 1. The lowest BCUT2D eigenvalue weighted by atomic mass is 10.5. The predicted octanol–water partition coefficient (Wildman–Crippen LogP) is 2.71. The van der Waals surface area contributed by atoms with E-state index in [2.05, 4.69) is 4.98 Å². The fraction of sp³-hybridized carbons (Fsp3) is 0. The van der Waals surface area contributed by atoms with Crippen molar-refractivity contribution in [3.8, 4) is 0 Å². The van der Waals surface area contributed by atoms with Crippen LogP contribution in [0.25, 0.3) is 9.53 Å². The van der Waals surface area contributed by atoms with Crippen LogP contribution in [-0.4, -0.2) is 16.1 Å². The van der Waals surface area contributed by atoms with Gasteiger partial charge in [-0.15, -0.1) is 22.7 Å². The third-order valence-corrected chi connectivity index (χ3v) is 3.53. The molecule has 62 valence electrons. The molecule has 0 atom stereocenters. The van der Waals surface area contributed by atoms with Crippen LogP contribution in [0, 0.1) is 0 Å². The number of carboxylic acid groups (broad SMARTS) is 1. The van der Waals surface area contributed by atoms with Crippen LogP contribution >= 0.6 is 34.3 Å². The number of thiazole rings is 1. The van der Waals surface area contributed by atoms with Gasteiger partial charge in [-0.2, -0.15) is 0 Å². The van der Waals surface area contributed by atoms with E-state index in [9.17, 15) is 4.79 Å². The van der Waals surface area contributed by atoms with Crippen LogP contribution < -0.4 is 0 Å². The highest BCUT2D eigenvalue weighted by Crippen LogP contribution is 2.32. The standard InChI is InChI=1S/C6H2ClNO2S2/c7-6-8-4-2(12-6)1-3(11-4)5(9)10/h1H,(H,9,10). The van der Waals surface area contributed by atoms with E-state index in [0.29, 0.717) is 14.2 Å². The summed E-state index contributed by atoms with van der Waals surface area (Å²) in [6, 6.07) is 1.59. The quantitative estimate of drug-likeness (QED) is 0.802. The van der Waals surface area contributed by atoms with Crippen molar-refractivity contribution in [2.45, 2.75) is 0 Å². The van der Waals surface area contributed by atoms with Crippen molar-refractivity contribution < 1.29 is 9.90 Å². The second-order valence-electron chi connectivity index (χ2n) is 2.05. The number of carbonyl (C=O) groups is 1. The molecule has 0 aliphatic carbocycles. The lowest BCUT2D eigenvalue weighted by Crippen LogP contribution is -1.89. The molecule has 2 aromatic heterocycles. The highest BCUT2D eigenvalue weighted by molar-refractivity contribution is 7.29. The molecule has 1 N–H and O–H groups in total. The van der Waals surface area contributed by atoms with Gasteiger partial charge in [0.15, 0.2) is 4.47 Å². The molecular formula is C6H2ClNO2S2. The lowest BCUT2D eigenvalue weighted by Gasteiger charge is -1.80. The van der Waals surface area contributed by atoms with Crippen LogP contribution in [0.5, 0.6) is 0 Å². The van der Waals surface area contributed by atoms with Crippen LogP contribution in [0.2, 0.25) is 4.47 Å². The normalized spacial score (nSPS) is 10.8. The first-order valence-corrected chi connectivity index (χ1v) is 4.97. The number of thiophene rings is 1. The van der Waals surface area contributed by atoms with E-state index in [0.717, 1.165) is 16.0 Å². The zero-order valence-electron chi connectivity index (χ0n) is 5.57. The summed E-state index contributed by atoms with van der Waals surface area (Å²) in [5.74, 6) is -0.915. The monoisotopic (exact) mass is 219 g/mol. The molecular weight excluding hydrogens is 218 g/mol. The smallest absolute Gasteiger partial charge is 0.345 e. The third kappa shape index (κ3) is 1.20. The predicted molar refractivity (Wildman–Crippen MR) is 49.5 cm³/mol. The zero-order valence-corrected chi connectivity index (χ0v) is 7.96. The van der Waals surface area contributed by atoms with Gasteiger partial charge in [0.25, 0.3) is 0 Å². The number of aromatic carboxylic acids is 1. The van der Waals surface area contributed by atoms with Gasteiger partial charge in [-0.1, -0.05) is 11.6 Å². The van der Waals surface area contributed by atoms with Crippen molar-refractivity contribution in [3.63, 3.8) is 0 Å². The fourth-order valence-electron chi connectivity index (χ4n) is 0.815. The highest BCUT2D eigenvalue weighted by atomic mass is 35.5. The Morgan fingerprint density at radius 2 is 2.33 bits per heavy atom. The van der Waals surface area contributed by atoms with Gasteiger partial charge in [0, 0.05) is 0 Å². The molecule has 12 heavy (non-hydrogen) atoms. The van der Waals surface area contributed by atoms with Crippen molar-refractivity contribution in [1.29, 1.82) is 0 Å². The molecule has 3 nitrogen and oxygen atoms in total. The maximum atomic E-state index is 10.5. The summed E-state index contributed by atoms with van der Waals surface area (Å²) in [5, 5.41) is 8.63. The Balaban J connectivity index is 2.64. The van der Waals surface area contributed by atoms with E-state index >= 15 is 0 Å². The first-order chi connectivity index (χ1) is 5.66. The van der Waals surface area contributed by atoms with E-state index in [1.807, 2.05) is 0 Å². The van der Waals surface area contributed by atoms with Gasteiger partial charge < -0.3 is 5.11 Å². The SMILES string of the molecule is O=C(O)c1cc2sc(Cl)nc2s1. The van der Waals surface area contributed by atoms with Crippen LogP contribution in [0.4, 0.5) is 0 Å². The number of carboxylic acids is 1. The Hall–Kier alpha value is -0.650. The minimum atomic E-state index is -0.915. The first kappa shape index (κ1) is 7.97. The summed E-state index contributed by atoms with van der Waals surface area (Å²) in [5.41, 5.74) is 0. The van der Waals surface area contributed by atoms with Gasteiger partial charge in [-0.05, 0) is 6.07 Å². The number of hydrogen-bond donors (Lipinski definition) is 1. The summed E-state index contributed by atoms with van der Waals surface area (Å²) in [7, 11) is 0. The summed E-state index contributed by atoms with van der Waals surface area (Å²) >= 11 is 8.06. The number of aromatic nitrogens is 1. The summed E-state index contributed by atoms with van der Waals surface area (Å²) < 4.78 is 1.29. The molecule has 0 spiro atoms. The molecule has 0 unspecified atom stereocenters. The molecule has 0 fully saturated rings. The van der Waals surface area contributed by atoms with Crippen molar-refractivity contribution >= 4 is 49.8 Å².